The first-order valence-corrected chi connectivity index (χ1v) is 8.78. The van der Waals surface area contributed by atoms with Gasteiger partial charge in [-0.2, -0.15) is 0 Å². The highest BCUT2D eigenvalue weighted by molar-refractivity contribution is 7.99. The van der Waals surface area contributed by atoms with Crippen molar-refractivity contribution in [3.8, 4) is 0 Å². The molecule has 0 radical (unpaired) electrons. The molecular weight excluding hydrogens is 314 g/mol. The number of rotatable bonds is 10. The van der Waals surface area contributed by atoms with Gasteiger partial charge in [-0.3, -0.25) is 14.9 Å². The van der Waals surface area contributed by atoms with E-state index in [4.69, 9.17) is 0 Å². The van der Waals surface area contributed by atoms with Crippen LogP contribution in [0.5, 0.6) is 0 Å². The summed E-state index contributed by atoms with van der Waals surface area (Å²) in [4.78, 5) is 23.5. The van der Waals surface area contributed by atoms with Gasteiger partial charge in [0.05, 0.1) is 9.82 Å². The number of nitro benzene ring substituents is 1. The second-order valence-corrected chi connectivity index (χ2v) is 6.82. The molecule has 1 amide bonds. The molecule has 0 saturated carbocycles. The maximum absolute atomic E-state index is 12.0. The van der Waals surface area contributed by atoms with Crippen molar-refractivity contribution >= 4 is 23.4 Å². The van der Waals surface area contributed by atoms with Crippen molar-refractivity contribution in [1.82, 2.24) is 10.6 Å². The minimum absolute atomic E-state index is 0.00151. The molecule has 0 saturated heterocycles. The molecule has 0 aliphatic rings. The average molecular weight is 339 g/mol. The van der Waals surface area contributed by atoms with Gasteiger partial charge < -0.3 is 10.6 Å². The molecule has 23 heavy (non-hydrogen) atoms. The molecule has 1 rings (SSSR count). The van der Waals surface area contributed by atoms with E-state index < -0.39 is 4.92 Å². The van der Waals surface area contributed by atoms with Crippen LogP contribution >= 0.6 is 11.8 Å². The van der Waals surface area contributed by atoms with Crippen molar-refractivity contribution in [3.05, 3.63) is 33.9 Å². The zero-order valence-electron chi connectivity index (χ0n) is 13.9. The number of hydrogen-bond acceptors (Lipinski definition) is 5. The molecule has 0 spiro atoms. The first kappa shape index (κ1) is 19.4. The molecule has 0 fully saturated rings. The number of benzene rings is 1. The van der Waals surface area contributed by atoms with Crippen molar-refractivity contribution in [2.45, 2.75) is 31.6 Å². The van der Waals surface area contributed by atoms with Gasteiger partial charge in [0.15, 0.2) is 0 Å². The van der Waals surface area contributed by atoms with Gasteiger partial charge >= 0.3 is 0 Å². The Hall–Kier alpha value is -1.60. The SMILES string of the molecule is CNCCCNC(=O)c1ccc(SCCC(C)C)c([N+](=O)[O-])c1. The lowest BCUT2D eigenvalue weighted by molar-refractivity contribution is -0.387. The number of nitro groups is 1. The van der Waals surface area contributed by atoms with Gasteiger partial charge in [-0.1, -0.05) is 13.8 Å². The predicted octanol–water partition coefficient (Wildman–Crippen LogP) is 3.07. The molecular formula is C16H25N3O3S. The quantitative estimate of drug-likeness (QED) is 0.296. The molecule has 0 heterocycles. The Bertz CT molecular complexity index is 535. The highest BCUT2D eigenvalue weighted by atomic mass is 32.2. The molecule has 0 atom stereocenters. The van der Waals surface area contributed by atoms with Crippen LogP contribution < -0.4 is 10.6 Å². The molecule has 0 aliphatic carbocycles. The smallest absolute Gasteiger partial charge is 0.283 e. The van der Waals surface area contributed by atoms with Crippen molar-refractivity contribution in [3.63, 3.8) is 0 Å². The highest BCUT2D eigenvalue weighted by Crippen LogP contribution is 2.31. The summed E-state index contributed by atoms with van der Waals surface area (Å²) in [6.45, 7) is 5.59. The minimum Gasteiger partial charge on any atom is -0.352 e. The number of carbonyl (C=O) groups excluding carboxylic acids is 1. The maximum atomic E-state index is 12.0. The van der Waals surface area contributed by atoms with E-state index in [1.54, 1.807) is 12.1 Å². The third-order valence-corrected chi connectivity index (χ3v) is 4.36. The third kappa shape index (κ3) is 7.00. The molecule has 1 aromatic rings. The molecule has 0 bridgehead atoms. The number of thioether (sulfide) groups is 1. The first-order valence-electron chi connectivity index (χ1n) is 7.79. The maximum Gasteiger partial charge on any atom is 0.283 e. The summed E-state index contributed by atoms with van der Waals surface area (Å²) < 4.78 is 0. The van der Waals surface area contributed by atoms with E-state index in [0.717, 1.165) is 25.1 Å². The minimum atomic E-state index is -0.421. The highest BCUT2D eigenvalue weighted by Gasteiger charge is 2.17. The van der Waals surface area contributed by atoms with E-state index in [0.29, 0.717) is 22.9 Å². The first-order chi connectivity index (χ1) is 11.0. The van der Waals surface area contributed by atoms with Crippen LogP contribution in [0, 0.1) is 16.0 Å². The van der Waals surface area contributed by atoms with Crippen LogP contribution in [0.4, 0.5) is 5.69 Å². The van der Waals surface area contributed by atoms with E-state index in [9.17, 15) is 14.9 Å². The Balaban J connectivity index is 2.74. The van der Waals surface area contributed by atoms with Gasteiger partial charge in [0.25, 0.3) is 11.6 Å². The third-order valence-electron chi connectivity index (χ3n) is 3.26. The van der Waals surface area contributed by atoms with Crippen molar-refractivity contribution < 1.29 is 9.72 Å². The van der Waals surface area contributed by atoms with Gasteiger partial charge in [-0.15, -0.1) is 11.8 Å². The van der Waals surface area contributed by atoms with Crippen LogP contribution in [0.1, 0.15) is 37.0 Å². The second kappa shape index (κ2) is 10.2. The number of hydrogen-bond donors (Lipinski definition) is 2. The Morgan fingerprint density at radius 3 is 2.70 bits per heavy atom. The number of carbonyl (C=O) groups is 1. The fourth-order valence-corrected chi connectivity index (χ4v) is 3.15. The predicted molar refractivity (Wildman–Crippen MR) is 94.2 cm³/mol. The number of nitrogens with one attached hydrogen (secondary N) is 2. The van der Waals surface area contributed by atoms with Gasteiger partial charge in [-0.05, 0) is 50.2 Å². The summed E-state index contributed by atoms with van der Waals surface area (Å²) in [5, 5.41) is 17.0. The van der Waals surface area contributed by atoms with Crippen LogP contribution in [0.3, 0.4) is 0 Å². The molecule has 7 heteroatoms. The summed E-state index contributed by atoms with van der Waals surface area (Å²) in [5.41, 5.74) is 0.330. The Labute approximate surface area is 141 Å². The van der Waals surface area contributed by atoms with Gasteiger partial charge in [0.2, 0.25) is 0 Å². The summed E-state index contributed by atoms with van der Waals surface area (Å²) in [7, 11) is 1.85. The fraction of sp³-hybridized carbons (Fsp3) is 0.562. The Morgan fingerprint density at radius 2 is 2.09 bits per heavy atom. The lowest BCUT2D eigenvalue weighted by atomic mass is 10.2. The van der Waals surface area contributed by atoms with Gasteiger partial charge in [0, 0.05) is 18.2 Å². The zero-order chi connectivity index (χ0) is 17.2. The molecule has 1 aromatic carbocycles. The molecule has 0 unspecified atom stereocenters. The summed E-state index contributed by atoms with van der Waals surface area (Å²) in [6, 6.07) is 4.69. The second-order valence-electron chi connectivity index (χ2n) is 5.68. The molecule has 128 valence electrons. The van der Waals surface area contributed by atoms with E-state index in [1.165, 1.54) is 17.8 Å². The summed E-state index contributed by atoms with van der Waals surface area (Å²) >= 11 is 1.47. The standard InChI is InChI=1S/C16H25N3O3S/c1-12(2)7-10-23-15-6-5-13(11-14(15)19(21)22)16(20)18-9-4-8-17-3/h5-6,11-12,17H,4,7-10H2,1-3H3,(H,18,20). The Kier molecular flexibility index (Phi) is 8.65. The molecule has 6 nitrogen and oxygen atoms in total. The van der Waals surface area contributed by atoms with Crippen molar-refractivity contribution in [1.29, 1.82) is 0 Å². The lowest BCUT2D eigenvalue weighted by Crippen LogP contribution is -2.26. The van der Waals surface area contributed by atoms with E-state index in [2.05, 4.69) is 24.5 Å². The molecule has 0 aromatic heterocycles. The summed E-state index contributed by atoms with van der Waals surface area (Å²) in [5.74, 6) is 1.11. The van der Waals surface area contributed by atoms with Crippen LogP contribution in [0.25, 0.3) is 0 Å². The fourth-order valence-electron chi connectivity index (χ4n) is 1.90. The topological polar surface area (TPSA) is 84.3 Å². The average Bonchev–Trinajstić information content (AvgIpc) is 2.51. The normalized spacial score (nSPS) is 10.8. The lowest BCUT2D eigenvalue weighted by Gasteiger charge is -2.08. The van der Waals surface area contributed by atoms with Crippen LogP contribution in [0.2, 0.25) is 0 Å². The molecule has 0 aliphatic heterocycles. The molecule has 2 N–H and O–H groups in total. The van der Waals surface area contributed by atoms with Crippen molar-refractivity contribution in [2.75, 3.05) is 25.9 Å². The van der Waals surface area contributed by atoms with Crippen molar-refractivity contribution in [2.24, 2.45) is 5.92 Å². The number of amides is 1. The van der Waals surface area contributed by atoms with Gasteiger partial charge in [0.1, 0.15) is 0 Å². The van der Waals surface area contributed by atoms with E-state index >= 15 is 0 Å². The zero-order valence-corrected chi connectivity index (χ0v) is 14.7. The monoisotopic (exact) mass is 339 g/mol. The Morgan fingerprint density at radius 1 is 1.35 bits per heavy atom. The van der Waals surface area contributed by atoms with E-state index in [1.807, 2.05) is 7.05 Å². The van der Waals surface area contributed by atoms with Crippen LogP contribution in [-0.2, 0) is 0 Å². The van der Waals surface area contributed by atoms with E-state index in [-0.39, 0.29) is 11.6 Å². The summed E-state index contributed by atoms with van der Waals surface area (Å²) in [6.07, 6.45) is 1.81. The van der Waals surface area contributed by atoms with Crippen LogP contribution in [-0.4, -0.2) is 36.7 Å². The largest absolute Gasteiger partial charge is 0.352 e. The van der Waals surface area contributed by atoms with Gasteiger partial charge in [-0.25, -0.2) is 0 Å². The van der Waals surface area contributed by atoms with Crippen LogP contribution in [0.15, 0.2) is 23.1 Å². The number of nitrogens with zero attached hydrogens (tertiary/aromatic N) is 1.